The van der Waals surface area contributed by atoms with Crippen LogP contribution in [0, 0.1) is 0 Å². The van der Waals surface area contributed by atoms with Crippen LogP contribution in [-0.4, -0.2) is 11.3 Å². The number of rotatable bonds is 2. The van der Waals surface area contributed by atoms with Gasteiger partial charge in [-0.3, -0.25) is 4.98 Å². The van der Waals surface area contributed by atoms with Crippen LogP contribution in [0.2, 0.25) is 0 Å². The summed E-state index contributed by atoms with van der Waals surface area (Å²) in [5, 5.41) is 0. The van der Waals surface area contributed by atoms with Gasteiger partial charge in [0.25, 0.3) is 0 Å². The van der Waals surface area contributed by atoms with Crippen molar-refractivity contribution in [2.45, 2.75) is 6.36 Å². The van der Waals surface area contributed by atoms with Crippen LogP contribution in [0.4, 0.5) is 18.9 Å². The van der Waals surface area contributed by atoms with Crippen LogP contribution < -0.4 is 10.5 Å². The molecule has 6 heteroatoms. The highest BCUT2D eigenvalue weighted by Gasteiger charge is 2.31. The Hall–Kier alpha value is -2.24. The van der Waals surface area contributed by atoms with E-state index in [9.17, 15) is 13.2 Å². The Morgan fingerprint density at radius 1 is 1.11 bits per heavy atom. The van der Waals surface area contributed by atoms with E-state index in [0.29, 0.717) is 16.9 Å². The van der Waals surface area contributed by atoms with E-state index < -0.39 is 6.36 Å². The molecule has 0 fully saturated rings. The summed E-state index contributed by atoms with van der Waals surface area (Å²) in [6.45, 7) is 0. The Morgan fingerprint density at radius 3 is 2.50 bits per heavy atom. The summed E-state index contributed by atoms with van der Waals surface area (Å²) >= 11 is 0. The van der Waals surface area contributed by atoms with Crippen LogP contribution in [0.5, 0.6) is 5.75 Å². The average Bonchev–Trinajstić information content (AvgIpc) is 2.28. The molecular formula is C12H9F3N2O. The number of nitrogen functional groups attached to an aromatic ring is 1. The first-order valence-electron chi connectivity index (χ1n) is 5.02. The number of ether oxygens (including phenoxy) is 1. The maximum absolute atomic E-state index is 12.1. The smallest absolute Gasteiger partial charge is 0.406 e. The monoisotopic (exact) mass is 254 g/mol. The summed E-state index contributed by atoms with van der Waals surface area (Å²) < 4.78 is 40.1. The lowest BCUT2D eigenvalue weighted by Crippen LogP contribution is -2.17. The SMILES string of the molecule is Nc1ccc(-c2cccc(OC(F)(F)F)c2)nc1. The largest absolute Gasteiger partial charge is 0.573 e. The molecule has 0 spiro atoms. The van der Waals surface area contributed by atoms with Gasteiger partial charge in [0.05, 0.1) is 17.6 Å². The summed E-state index contributed by atoms with van der Waals surface area (Å²) in [6, 6.07) is 8.86. The zero-order chi connectivity index (χ0) is 13.2. The number of hydrogen-bond donors (Lipinski definition) is 1. The van der Waals surface area contributed by atoms with Crippen LogP contribution >= 0.6 is 0 Å². The maximum Gasteiger partial charge on any atom is 0.573 e. The van der Waals surface area contributed by atoms with Gasteiger partial charge in [-0.2, -0.15) is 0 Å². The van der Waals surface area contributed by atoms with Gasteiger partial charge >= 0.3 is 6.36 Å². The number of hydrogen-bond acceptors (Lipinski definition) is 3. The molecule has 2 rings (SSSR count). The predicted molar refractivity (Wildman–Crippen MR) is 60.8 cm³/mol. The summed E-state index contributed by atoms with van der Waals surface area (Å²) in [7, 11) is 0. The molecule has 0 saturated heterocycles. The van der Waals surface area contributed by atoms with E-state index in [1.54, 1.807) is 18.2 Å². The topological polar surface area (TPSA) is 48.1 Å². The van der Waals surface area contributed by atoms with E-state index in [1.807, 2.05) is 0 Å². The molecule has 94 valence electrons. The lowest BCUT2D eigenvalue weighted by Gasteiger charge is -2.09. The van der Waals surface area contributed by atoms with Crippen molar-refractivity contribution in [1.82, 2.24) is 4.98 Å². The molecule has 3 nitrogen and oxygen atoms in total. The molecule has 0 bridgehead atoms. The Bertz CT molecular complexity index is 538. The molecule has 2 aromatic rings. The van der Waals surface area contributed by atoms with Crippen molar-refractivity contribution in [2.24, 2.45) is 0 Å². The zero-order valence-electron chi connectivity index (χ0n) is 9.11. The first-order chi connectivity index (χ1) is 8.44. The van der Waals surface area contributed by atoms with E-state index in [0.717, 1.165) is 0 Å². The van der Waals surface area contributed by atoms with Crippen molar-refractivity contribution in [3.63, 3.8) is 0 Å². The summed E-state index contributed by atoms with van der Waals surface area (Å²) in [5.74, 6) is -0.279. The minimum absolute atomic E-state index is 0.279. The highest BCUT2D eigenvalue weighted by Crippen LogP contribution is 2.27. The van der Waals surface area contributed by atoms with Crippen molar-refractivity contribution in [3.8, 4) is 17.0 Å². The molecule has 0 radical (unpaired) electrons. The quantitative estimate of drug-likeness (QED) is 0.895. The minimum Gasteiger partial charge on any atom is -0.406 e. The molecule has 0 aliphatic heterocycles. The Balaban J connectivity index is 2.29. The molecule has 0 saturated carbocycles. The van der Waals surface area contributed by atoms with Gasteiger partial charge in [-0.15, -0.1) is 13.2 Å². The third kappa shape index (κ3) is 3.13. The van der Waals surface area contributed by atoms with Gasteiger partial charge in [-0.05, 0) is 24.3 Å². The number of anilines is 1. The highest BCUT2D eigenvalue weighted by atomic mass is 19.4. The van der Waals surface area contributed by atoms with Gasteiger partial charge < -0.3 is 10.5 Å². The Morgan fingerprint density at radius 2 is 1.89 bits per heavy atom. The van der Waals surface area contributed by atoms with E-state index >= 15 is 0 Å². The van der Waals surface area contributed by atoms with Gasteiger partial charge in [0.1, 0.15) is 5.75 Å². The fourth-order valence-electron chi connectivity index (χ4n) is 1.43. The predicted octanol–water partition coefficient (Wildman–Crippen LogP) is 3.23. The van der Waals surface area contributed by atoms with Gasteiger partial charge in [0.2, 0.25) is 0 Å². The van der Waals surface area contributed by atoms with Crippen molar-refractivity contribution in [3.05, 3.63) is 42.6 Å². The third-order valence-electron chi connectivity index (χ3n) is 2.15. The zero-order valence-corrected chi connectivity index (χ0v) is 9.11. The standard InChI is InChI=1S/C12H9F3N2O/c13-12(14,15)18-10-3-1-2-8(6-10)11-5-4-9(16)7-17-11/h1-7H,16H2. The number of alkyl halides is 3. The maximum atomic E-state index is 12.1. The Kier molecular flexibility index (Phi) is 3.10. The van der Waals surface area contributed by atoms with Crippen molar-refractivity contribution < 1.29 is 17.9 Å². The van der Waals surface area contributed by atoms with Crippen LogP contribution in [0.25, 0.3) is 11.3 Å². The number of benzene rings is 1. The van der Waals surface area contributed by atoms with E-state index in [4.69, 9.17) is 5.73 Å². The molecule has 1 aromatic carbocycles. The molecule has 0 aliphatic rings. The van der Waals surface area contributed by atoms with Gasteiger partial charge in [-0.25, -0.2) is 0 Å². The van der Waals surface area contributed by atoms with Crippen molar-refractivity contribution >= 4 is 5.69 Å². The number of nitrogens with zero attached hydrogens (tertiary/aromatic N) is 1. The normalized spacial score (nSPS) is 11.3. The van der Waals surface area contributed by atoms with Crippen molar-refractivity contribution in [2.75, 3.05) is 5.73 Å². The fraction of sp³-hybridized carbons (Fsp3) is 0.0833. The van der Waals surface area contributed by atoms with Crippen LogP contribution in [0.15, 0.2) is 42.6 Å². The summed E-state index contributed by atoms with van der Waals surface area (Å²) in [5.41, 5.74) is 7.02. The van der Waals surface area contributed by atoms with E-state index in [-0.39, 0.29) is 5.75 Å². The first-order valence-corrected chi connectivity index (χ1v) is 5.02. The van der Waals surface area contributed by atoms with Crippen molar-refractivity contribution in [1.29, 1.82) is 0 Å². The molecule has 0 amide bonds. The second-order valence-electron chi connectivity index (χ2n) is 3.55. The highest BCUT2D eigenvalue weighted by molar-refractivity contribution is 5.62. The van der Waals surface area contributed by atoms with E-state index in [1.165, 1.54) is 24.4 Å². The Labute approximate surface area is 101 Å². The lowest BCUT2D eigenvalue weighted by atomic mass is 10.1. The molecule has 18 heavy (non-hydrogen) atoms. The lowest BCUT2D eigenvalue weighted by molar-refractivity contribution is -0.274. The fourth-order valence-corrected chi connectivity index (χ4v) is 1.43. The van der Waals surface area contributed by atoms with E-state index in [2.05, 4.69) is 9.72 Å². The second kappa shape index (κ2) is 4.56. The number of halogens is 3. The van der Waals surface area contributed by atoms with Gasteiger partial charge in [0, 0.05) is 5.56 Å². The van der Waals surface area contributed by atoms with Gasteiger partial charge in [-0.1, -0.05) is 12.1 Å². The molecule has 0 unspecified atom stereocenters. The number of aromatic nitrogens is 1. The average molecular weight is 254 g/mol. The molecular weight excluding hydrogens is 245 g/mol. The number of nitrogens with two attached hydrogens (primary N) is 1. The summed E-state index contributed by atoms with van der Waals surface area (Å²) in [4.78, 5) is 4.02. The van der Waals surface area contributed by atoms with Gasteiger partial charge in [0.15, 0.2) is 0 Å². The first kappa shape index (κ1) is 12.2. The second-order valence-corrected chi connectivity index (χ2v) is 3.55. The molecule has 0 atom stereocenters. The summed E-state index contributed by atoms with van der Waals surface area (Å²) in [6.07, 6.45) is -3.26. The van der Waals surface area contributed by atoms with Crippen LogP contribution in [0.1, 0.15) is 0 Å². The molecule has 1 aromatic heterocycles. The third-order valence-corrected chi connectivity index (χ3v) is 2.15. The molecule has 1 heterocycles. The van der Waals surface area contributed by atoms with Crippen LogP contribution in [-0.2, 0) is 0 Å². The minimum atomic E-state index is -4.70. The van der Waals surface area contributed by atoms with Crippen LogP contribution in [0.3, 0.4) is 0 Å². The number of pyridine rings is 1. The molecule has 0 aliphatic carbocycles. The molecule has 2 N–H and O–H groups in total.